The van der Waals surface area contributed by atoms with Crippen LogP contribution in [0.25, 0.3) is 10.9 Å². The number of aliphatic hydroxyl groups excluding tert-OH is 4. The molecule has 1 fully saturated rings. The van der Waals surface area contributed by atoms with Crippen molar-refractivity contribution in [3.8, 4) is 0 Å². The molecular formula is C24H28ClNO5. The average Bonchev–Trinajstić information content (AvgIpc) is 3.15. The third-order valence-electron chi connectivity index (χ3n) is 6.18. The van der Waals surface area contributed by atoms with Crippen molar-refractivity contribution in [2.24, 2.45) is 0 Å². The summed E-state index contributed by atoms with van der Waals surface area (Å²) in [5, 5.41) is 42.1. The van der Waals surface area contributed by atoms with Gasteiger partial charge in [0.05, 0.1) is 17.1 Å². The Kier molecular flexibility index (Phi) is 6.40. The van der Waals surface area contributed by atoms with Crippen LogP contribution in [-0.4, -0.2) is 56.0 Å². The van der Waals surface area contributed by atoms with Crippen molar-refractivity contribution in [3.63, 3.8) is 0 Å². The van der Waals surface area contributed by atoms with Gasteiger partial charge in [0.15, 0.2) is 6.23 Å². The molecule has 0 aliphatic carbocycles. The second-order valence-corrected chi connectivity index (χ2v) is 8.62. The zero-order chi connectivity index (χ0) is 22.3. The number of hydrogen-bond acceptors (Lipinski definition) is 5. The van der Waals surface area contributed by atoms with Crippen LogP contribution in [0.4, 0.5) is 0 Å². The minimum absolute atomic E-state index is 0.482. The molecule has 1 aliphatic heterocycles. The van der Waals surface area contributed by atoms with Gasteiger partial charge < -0.3 is 29.7 Å². The fourth-order valence-corrected chi connectivity index (χ4v) is 4.64. The molecule has 0 saturated carbocycles. The Morgan fingerprint density at radius 1 is 0.968 bits per heavy atom. The maximum atomic E-state index is 10.7. The fourth-order valence-electron chi connectivity index (χ4n) is 4.38. The zero-order valence-electron chi connectivity index (χ0n) is 17.6. The predicted octanol–water partition coefficient (Wildman–Crippen LogP) is 2.73. The Morgan fingerprint density at radius 3 is 2.29 bits per heavy atom. The van der Waals surface area contributed by atoms with E-state index in [0.717, 1.165) is 28.5 Å². The summed E-state index contributed by atoms with van der Waals surface area (Å²) in [5.41, 5.74) is 5.14. The van der Waals surface area contributed by atoms with E-state index in [-0.39, 0.29) is 0 Å². The molecule has 0 radical (unpaired) electrons. The number of rotatable bonds is 5. The molecule has 4 rings (SSSR count). The van der Waals surface area contributed by atoms with E-state index in [4.69, 9.17) is 16.3 Å². The highest BCUT2D eigenvalue weighted by atomic mass is 35.5. The third kappa shape index (κ3) is 4.00. The van der Waals surface area contributed by atoms with Gasteiger partial charge >= 0.3 is 0 Å². The lowest BCUT2D eigenvalue weighted by atomic mass is 9.98. The number of fused-ring (bicyclic) bond motifs is 1. The SMILES string of the molecule is CCc1ccc(Cc2cn([C@@H]3O[C@H](CO)[C@@H](O)[C@H](O)[C@H]3O)c3c(Cl)ccc(C)c23)cc1. The molecule has 0 amide bonds. The topological polar surface area (TPSA) is 95.1 Å². The molecule has 2 heterocycles. The molecular weight excluding hydrogens is 418 g/mol. The van der Waals surface area contributed by atoms with Crippen molar-refractivity contribution in [1.29, 1.82) is 0 Å². The highest BCUT2D eigenvalue weighted by Crippen LogP contribution is 2.38. The van der Waals surface area contributed by atoms with E-state index in [0.29, 0.717) is 17.0 Å². The number of aryl methyl sites for hydroxylation is 2. The highest BCUT2D eigenvalue weighted by molar-refractivity contribution is 6.35. The van der Waals surface area contributed by atoms with Gasteiger partial charge in [-0.25, -0.2) is 0 Å². The lowest BCUT2D eigenvalue weighted by Gasteiger charge is -2.40. The minimum Gasteiger partial charge on any atom is -0.394 e. The molecule has 1 saturated heterocycles. The van der Waals surface area contributed by atoms with E-state index in [1.54, 1.807) is 10.6 Å². The monoisotopic (exact) mass is 445 g/mol. The maximum absolute atomic E-state index is 10.7. The van der Waals surface area contributed by atoms with Crippen molar-refractivity contribution in [2.75, 3.05) is 6.61 Å². The molecule has 166 valence electrons. The van der Waals surface area contributed by atoms with Crippen molar-refractivity contribution < 1.29 is 25.2 Å². The number of hydrogen-bond donors (Lipinski definition) is 4. The molecule has 6 nitrogen and oxygen atoms in total. The van der Waals surface area contributed by atoms with Crippen molar-refractivity contribution in [3.05, 3.63) is 69.9 Å². The second kappa shape index (κ2) is 8.90. The van der Waals surface area contributed by atoms with Crippen LogP contribution < -0.4 is 0 Å². The Hall–Kier alpha value is -1.93. The third-order valence-corrected chi connectivity index (χ3v) is 6.48. The Morgan fingerprint density at radius 2 is 1.65 bits per heavy atom. The first-order chi connectivity index (χ1) is 14.8. The molecule has 31 heavy (non-hydrogen) atoms. The van der Waals surface area contributed by atoms with Gasteiger partial charge in [0.1, 0.15) is 24.4 Å². The summed E-state index contributed by atoms with van der Waals surface area (Å²) in [6, 6.07) is 12.2. The molecule has 1 aliphatic rings. The summed E-state index contributed by atoms with van der Waals surface area (Å²) in [6.07, 6.45) is -2.74. The summed E-state index contributed by atoms with van der Waals surface area (Å²) < 4.78 is 7.52. The van der Waals surface area contributed by atoms with Crippen LogP contribution in [-0.2, 0) is 17.6 Å². The molecule has 2 aromatic carbocycles. The van der Waals surface area contributed by atoms with E-state index < -0.39 is 37.3 Å². The summed E-state index contributed by atoms with van der Waals surface area (Å²) >= 11 is 6.57. The molecule has 5 atom stereocenters. The summed E-state index contributed by atoms with van der Waals surface area (Å²) in [4.78, 5) is 0. The number of halogens is 1. The highest BCUT2D eigenvalue weighted by Gasteiger charge is 2.44. The van der Waals surface area contributed by atoms with Gasteiger partial charge in [-0.15, -0.1) is 0 Å². The normalized spacial score (nSPS) is 26.5. The number of nitrogens with zero attached hydrogens (tertiary/aromatic N) is 1. The quantitative estimate of drug-likeness (QED) is 0.484. The summed E-state index contributed by atoms with van der Waals surface area (Å²) in [7, 11) is 0. The average molecular weight is 446 g/mol. The molecule has 0 spiro atoms. The van der Waals surface area contributed by atoms with Crippen molar-refractivity contribution in [2.45, 2.75) is 57.3 Å². The smallest absolute Gasteiger partial charge is 0.163 e. The van der Waals surface area contributed by atoms with E-state index in [1.165, 1.54) is 5.56 Å². The van der Waals surface area contributed by atoms with Gasteiger partial charge in [-0.2, -0.15) is 0 Å². The first-order valence-corrected chi connectivity index (χ1v) is 10.9. The molecule has 4 N–H and O–H groups in total. The Balaban J connectivity index is 1.81. The first kappa shape index (κ1) is 22.3. The van der Waals surface area contributed by atoms with E-state index in [9.17, 15) is 20.4 Å². The molecule has 0 unspecified atom stereocenters. The number of aromatic nitrogens is 1. The summed E-state index contributed by atoms with van der Waals surface area (Å²) in [5.74, 6) is 0. The number of ether oxygens (including phenoxy) is 1. The van der Waals surface area contributed by atoms with Crippen LogP contribution in [0.1, 0.15) is 35.4 Å². The van der Waals surface area contributed by atoms with E-state index >= 15 is 0 Å². The van der Waals surface area contributed by atoms with Crippen LogP contribution in [0, 0.1) is 6.92 Å². The molecule has 3 aromatic rings. The zero-order valence-corrected chi connectivity index (χ0v) is 18.3. The molecule has 1 aromatic heterocycles. The predicted molar refractivity (Wildman–Crippen MR) is 119 cm³/mol. The maximum Gasteiger partial charge on any atom is 0.163 e. The first-order valence-electron chi connectivity index (χ1n) is 10.5. The largest absolute Gasteiger partial charge is 0.394 e. The Labute approximate surface area is 186 Å². The van der Waals surface area contributed by atoms with Crippen molar-refractivity contribution in [1.82, 2.24) is 4.57 Å². The number of aliphatic hydroxyl groups is 4. The van der Waals surface area contributed by atoms with Crippen LogP contribution in [0.2, 0.25) is 5.02 Å². The van der Waals surface area contributed by atoms with Crippen LogP contribution in [0.5, 0.6) is 0 Å². The van der Waals surface area contributed by atoms with Gasteiger partial charge in [0, 0.05) is 11.6 Å². The van der Waals surface area contributed by atoms with Gasteiger partial charge in [-0.1, -0.05) is 48.9 Å². The summed E-state index contributed by atoms with van der Waals surface area (Å²) in [6.45, 7) is 3.64. The number of benzene rings is 2. The van der Waals surface area contributed by atoms with E-state index in [2.05, 4.69) is 31.2 Å². The minimum atomic E-state index is -1.46. The van der Waals surface area contributed by atoms with Gasteiger partial charge in [0.2, 0.25) is 0 Å². The van der Waals surface area contributed by atoms with Gasteiger partial charge in [0.25, 0.3) is 0 Å². The molecule has 7 heteroatoms. The second-order valence-electron chi connectivity index (χ2n) is 8.22. The van der Waals surface area contributed by atoms with Crippen LogP contribution in [0.15, 0.2) is 42.6 Å². The standard InChI is InChI=1S/C24H28ClNO5/c1-3-14-5-7-15(8-6-14)10-16-11-26(20-17(25)9-4-13(2)19(16)20)24-23(30)22(29)21(28)18(12-27)31-24/h4-9,11,18,21-24,27-30H,3,10,12H2,1-2H3/t18-,21-,22+,23-,24-/m1/s1. The Bertz CT molecular complexity index is 1060. The molecule has 0 bridgehead atoms. The van der Waals surface area contributed by atoms with Gasteiger partial charge in [-0.3, -0.25) is 0 Å². The lowest BCUT2D eigenvalue weighted by Crippen LogP contribution is -2.56. The van der Waals surface area contributed by atoms with Crippen LogP contribution in [0.3, 0.4) is 0 Å². The van der Waals surface area contributed by atoms with E-state index in [1.807, 2.05) is 19.2 Å². The lowest BCUT2D eigenvalue weighted by molar-refractivity contribution is -0.250. The van der Waals surface area contributed by atoms with Gasteiger partial charge in [-0.05, 0) is 48.1 Å². The van der Waals surface area contributed by atoms with Crippen molar-refractivity contribution >= 4 is 22.5 Å². The van der Waals surface area contributed by atoms with Crippen LogP contribution >= 0.6 is 11.6 Å². The fraction of sp³-hybridized carbons (Fsp3) is 0.417.